The molecule has 0 aromatic heterocycles. The largest absolute Gasteiger partial charge is 0.0798 e. The highest BCUT2D eigenvalue weighted by molar-refractivity contribution is 7.80. The van der Waals surface area contributed by atoms with Gasteiger partial charge in [-0.3, -0.25) is 0 Å². The maximum atomic E-state index is 5.51. The molecule has 93 valence electrons. The smallest absolute Gasteiger partial charge is 0.0412 e. The number of fused-ring (bicyclic) bond motifs is 1. The summed E-state index contributed by atoms with van der Waals surface area (Å²) >= 11 is 5.51. The van der Waals surface area contributed by atoms with Gasteiger partial charge in [0, 0.05) is 4.90 Å². The zero-order valence-electron chi connectivity index (χ0n) is 11.7. The first-order chi connectivity index (χ1) is 7.78. The molecule has 0 unspecified atom stereocenters. The van der Waals surface area contributed by atoms with Gasteiger partial charge in [0.05, 0.1) is 0 Å². The van der Waals surface area contributed by atoms with E-state index in [0.717, 1.165) is 11.3 Å². The molecule has 0 heterocycles. The molecule has 0 N–H and O–H groups in total. The summed E-state index contributed by atoms with van der Waals surface area (Å²) in [6, 6.07) is 4.64. The van der Waals surface area contributed by atoms with Crippen molar-refractivity contribution in [1.29, 1.82) is 0 Å². The molecule has 1 aromatic rings. The van der Waals surface area contributed by atoms with E-state index in [4.69, 9.17) is 12.6 Å². The minimum Gasteiger partial charge on any atom is -0.0798 e. The summed E-state index contributed by atoms with van der Waals surface area (Å²) in [5, 5.41) is 0. The fourth-order valence-electron chi connectivity index (χ4n) is 2.92. The van der Waals surface area contributed by atoms with E-state index in [1.54, 1.807) is 0 Å². The minimum absolute atomic E-state index is 0.282. The topological polar surface area (TPSA) is 0 Å². The van der Waals surface area contributed by atoms with Crippen molar-refractivity contribution in [1.82, 2.24) is 0 Å². The Morgan fingerprint density at radius 3 is 1.94 bits per heavy atom. The van der Waals surface area contributed by atoms with Crippen molar-refractivity contribution in [3.63, 3.8) is 0 Å². The molecule has 1 aromatic carbocycles. The molecule has 0 saturated carbocycles. The van der Waals surface area contributed by atoms with Gasteiger partial charge in [-0.15, -0.1) is 0 Å². The Morgan fingerprint density at radius 1 is 1.00 bits per heavy atom. The highest BCUT2D eigenvalue weighted by atomic mass is 32.1. The Morgan fingerprint density at radius 2 is 1.47 bits per heavy atom. The summed E-state index contributed by atoms with van der Waals surface area (Å²) in [5.74, 6) is 0. The van der Waals surface area contributed by atoms with Gasteiger partial charge in [-0.25, -0.2) is 0 Å². The molecule has 0 spiro atoms. The molecular formula is C16H23S. The van der Waals surface area contributed by atoms with E-state index < -0.39 is 0 Å². The Balaban J connectivity index is 2.68. The molecule has 1 aliphatic rings. The average molecular weight is 247 g/mol. The summed E-state index contributed by atoms with van der Waals surface area (Å²) in [4.78, 5) is 1.05. The lowest BCUT2D eigenvalue weighted by atomic mass is 9.63. The van der Waals surface area contributed by atoms with Crippen molar-refractivity contribution in [3.8, 4) is 0 Å². The van der Waals surface area contributed by atoms with Gasteiger partial charge < -0.3 is 0 Å². The van der Waals surface area contributed by atoms with E-state index in [0.29, 0.717) is 5.41 Å². The van der Waals surface area contributed by atoms with Crippen LogP contribution in [-0.4, -0.2) is 0 Å². The second-order valence-corrected chi connectivity index (χ2v) is 7.07. The van der Waals surface area contributed by atoms with Gasteiger partial charge in [0.15, 0.2) is 0 Å². The Labute approximate surface area is 111 Å². The lowest BCUT2D eigenvalue weighted by Crippen LogP contribution is -2.34. The average Bonchev–Trinajstić information content (AvgIpc) is 2.24. The Bertz CT molecular complexity index is 441. The van der Waals surface area contributed by atoms with Crippen molar-refractivity contribution in [2.75, 3.05) is 0 Å². The second kappa shape index (κ2) is 3.98. The van der Waals surface area contributed by atoms with Crippen molar-refractivity contribution < 1.29 is 0 Å². The first-order valence-corrected chi connectivity index (χ1v) is 7.03. The van der Waals surface area contributed by atoms with Crippen molar-refractivity contribution in [2.45, 2.75) is 69.6 Å². The van der Waals surface area contributed by atoms with Crippen molar-refractivity contribution in [3.05, 3.63) is 28.8 Å². The van der Waals surface area contributed by atoms with Crippen LogP contribution in [0.5, 0.6) is 0 Å². The van der Waals surface area contributed by atoms with E-state index in [9.17, 15) is 0 Å². The maximum Gasteiger partial charge on any atom is 0.0412 e. The number of hydrogen-bond donors (Lipinski definition) is 0. The van der Waals surface area contributed by atoms with Crippen LogP contribution >= 0.6 is 12.6 Å². The molecule has 0 aliphatic heterocycles. The second-order valence-electron chi connectivity index (χ2n) is 6.63. The SMILES string of the molecule is CCc1cc2c(cc1[S])C(C)(C)CCC2(C)C. The predicted molar refractivity (Wildman–Crippen MR) is 77.0 cm³/mol. The van der Waals surface area contributed by atoms with E-state index in [2.05, 4.69) is 46.8 Å². The van der Waals surface area contributed by atoms with Crippen LogP contribution < -0.4 is 0 Å². The van der Waals surface area contributed by atoms with Gasteiger partial charge in [-0.05, 0) is 52.8 Å². The van der Waals surface area contributed by atoms with Crippen LogP contribution in [-0.2, 0) is 17.3 Å². The zero-order chi connectivity index (χ0) is 12.8. The third kappa shape index (κ3) is 2.10. The van der Waals surface area contributed by atoms with Crippen LogP contribution in [0.4, 0.5) is 0 Å². The van der Waals surface area contributed by atoms with Crippen LogP contribution in [0, 0.1) is 0 Å². The molecule has 1 aliphatic carbocycles. The van der Waals surface area contributed by atoms with Crippen molar-refractivity contribution in [2.24, 2.45) is 0 Å². The first kappa shape index (κ1) is 12.9. The van der Waals surface area contributed by atoms with Crippen LogP contribution in [0.1, 0.15) is 64.2 Å². The van der Waals surface area contributed by atoms with Gasteiger partial charge in [0.1, 0.15) is 0 Å². The molecule has 1 heteroatoms. The number of hydrogen-bond acceptors (Lipinski definition) is 0. The van der Waals surface area contributed by atoms with E-state index in [1.165, 1.54) is 29.5 Å². The van der Waals surface area contributed by atoms with E-state index in [-0.39, 0.29) is 5.41 Å². The summed E-state index contributed by atoms with van der Waals surface area (Å²) in [6.45, 7) is 11.6. The number of rotatable bonds is 1. The first-order valence-electron chi connectivity index (χ1n) is 6.63. The summed E-state index contributed by atoms with van der Waals surface area (Å²) < 4.78 is 0. The van der Waals surface area contributed by atoms with Crippen LogP contribution in [0.2, 0.25) is 0 Å². The summed E-state index contributed by atoms with van der Waals surface area (Å²) in [7, 11) is 0. The third-order valence-electron chi connectivity index (χ3n) is 4.41. The standard InChI is InChI=1S/C16H23S/c1-6-11-9-12-13(10-14(11)17)16(4,5)8-7-15(12,2)3/h9-10H,6-8H2,1-5H3. The van der Waals surface area contributed by atoms with Gasteiger partial charge >= 0.3 is 0 Å². The lowest BCUT2D eigenvalue weighted by Gasteiger charge is -2.42. The maximum absolute atomic E-state index is 5.51. The van der Waals surface area contributed by atoms with E-state index >= 15 is 0 Å². The Kier molecular flexibility index (Phi) is 3.02. The van der Waals surface area contributed by atoms with Crippen LogP contribution in [0.3, 0.4) is 0 Å². The highest BCUT2D eigenvalue weighted by Gasteiger charge is 2.37. The Hall–Kier alpha value is -0.560. The molecule has 0 amide bonds. The highest BCUT2D eigenvalue weighted by Crippen LogP contribution is 2.46. The zero-order valence-corrected chi connectivity index (χ0v) is 12.5. The van der Waals surface area contributed by atoms with Crippen molar-refractivity contribution >= 4 is 12.6 Å². The summed E-state index contributed by atoms with van der Waals surface area (Å²) in [5.41, 5.74) is 4.93. The van der Waals surface area contributed by atoms with Gasteiger partial charge in [-0.2, -0.15) is 0 Å². The van der Waals surface area contributed by atoms with Gasteiger partial charge in [-0.1, -0.05) is 53.3 Å². The van der Waals surface area contributed by atoms with Gasteiger partial charge in [0.2, 0.25) is 0 Å². The molecule has 1 radical (unpaired) electrons. The van der Waals surface area contributed by atoms with Crippen LogP contribution in [0.15, 0.2) is 17.0 Å². The molecule has 0 bridgehead atoms. The summed E-state index contributed by atoms with van der Waals surface area (Å²) in [6.07, 6.45) is 3.57. The van der Waals surface area contributed by atoms with Crippen LogP contribution in [0.25, 0.3) is 0 Å². The molecule has 0 fully saturated rings. The van der Waals surface area contributed by atoms with E-state index in [1.807, 2.05) is 0 Å². The molecule has 0 saturated heterocycles. The fraction of sp³-hybridized carbons (Fsp3) is 0.625. The molecular weight excluding hydrogens is 224 g/mol. The molecule has 0 nitrogen and oxygen atoms in total. The normalized spacial score (nSPS) is 21.0. The molecule has 0 atom stereocenters. The minimum atomic E-state index is 0.282. The van der Waals surface area contributed by atoms with Gasteiger partial charge in [0.25, 0.3) is 0 Å². The number of aryl methyl sites for hydroxylation is 1. The molecule has 2 rings (SSSR count). The lowest BCUT2D eigenvalue weighted by molar-refractivity contribution is 0.331. The quantitative estimate of drug-likeness (QED) is 0.643. The fourth-order valence-corrected chi connectivity index (χ4v) is 3.24. The monoisotopic (exact) mass is 247 g/mol. The number of benzene rings is 1. The predicted octanol–water partition coefficient (Wildman–Crippen LogP) is 5.15. The third-order valence-corrected chi connectivity index (χ3v) is 4.79. The molecule has 17 heavy (non-hydrogen) atoms.